The average Bonchev–Trinajstić information content (AvgIpc) is 2.03. The van der Waals surface area contributed by atoms with Crippen LogP contribution in [0.5, 0.6) is 0 Å². The molecule has 0 atom stereocenters. The lowest BCUT2D eigenvalue weighted by atomic mass is 9.90. The van der Waals surface area contributed by atoms with E-state index in [-0.39, 0.29) is 5.41 Å². The van der Waals surface area contributed by atoms with Crippen molar-refractivity contribution in [2.45, 2.75) is 34.1 Å². The van der Waals surface area contributed by atoms with Crippen molar-refractivity contribution in [3.63, 3.8) is 0 Å². The molecule has 1 heteroatoms. The average molecular weight is 180 g/mol. The first kappa shape index (κ1) is 12.0. The summed E-state index contributed by atoms with van der Waals surface area (Å²) < 4.78 is 0. The van der Waals surface area contributed by atoms with Crippen LogP contribution < -0.4 is 0 Å². The van der Waals surface area contributed by atoms with Crippen LogP contribution in [0.3, 0.4) is 0 Å². The summed E-state index contributed by atoms with van der Waals surface area (Å²) in [7, 11) is 0. The molecule has 0 aromatic heterocycles. The third-order valence-corrected chi connectivity index (χ3v) is 2.02. The van der Waals surface area contributed by atoms with Gasteiger partial charge in [-0.3, -0.25) is 0 Å². The monoisotopic (exact) mass is 180 g/mol. The molecule has 13 heavy (non-hydrogen) atoms. The molecule has 0 aliphatic heterocycles. The van der Waals surface area contributed by atoms with Crippen LogP contribution in [0.4, 0.5) is 0 Å². The number of hydrogen-bond acceptors (Lipinski definition) is 1. The maximum absolute atomic E-state index is 8.84. The van der Waals surface area contributed by atoms with Crippen LogP contribution in [0.1, 0.15) is 34.1 Å². The van der Waals surface area contributed by atoms with Crippen LogP contribution in [0.2, 0.25) is 0 Å². The molecule has 0 saturated heterocycles. The highest BCUT2D eigenvalue weighted by molar-refractivity contribution is 5.13. The van der Waals surface area contributed by atoms with Crippen molar-refractivity contribution < 1.29 is 5.11 Å². The van der Waals surface area contributed by atoms with E-state index in [9.17, 15) is 0 Å². The van der Waals surface area contributed by atoms with Gasteiger partial charge < -0.3 is 5.11 Å². The summed E-state index contributed by atoms with van der Waals surface area (Å²) in [5, 5.41) is 8.84. The Bertz CT molecular complexity index is 215. The minimum absolute atomic E-state index is 0.266. The SMILES string of the molecule is CCC(C)(C)/C=C/C=C\C=C(/C)O. The molecule has 0 saturated carbocycles. The second-order valence-electron chi connectivity index (χ2n) is 3.89. The van der Waals surface area contributed by atoms with Gasteiger partial charge in [0.25, 0.3) is 0 Å². The van der Waals surface area contributed by atoms with Crippen molar-refractivity contribution in [3.05, 3.63) is 36.1 Å². The van der Waals surface area contributed by atoms with E-state index >= 15 is 0 Å². The normalized spacial score (nSPS) is 14.6. The van der Waals surface area contributed by atoms with Crippen LogP contribution >= 0.6 is 0 Å². The van der Waals surface area contributed by atoms with Crippen LogP contribution in [0.25, 0.3) is 0 Å². The van der Waals surface area contributed by atoms with Gasteiger partial charge in [0.1, 0.15) is 0 Å². The summed E-state index contributed by atoms with van der Waals surface area (Å²) in [5.74, 6) is 0.333. The van der Waals surface area contributed by atoms with Gasteiger partial charge in [-0.15, -0.1) is 0 Å². The Labute approximate surface area is 81.5 Å². The van der Waals surface area contributed by atoms with E-state index in [0.29, 0.717) is 5.76 Å². The second kappa shape index (κ2) is 5.63. The third kappa shape index (κ3) is 7.38. The molecular weight excluding hydrogens is 160 g/mol. The van der Waals surface area contributed by atoms with Gasteiger partial charge in [0.2, 0.25) is 0 Å². The summed E-state index contributed by atoms with van der Waals surface area (Å²) in [6, 6.07) is 0. The van der Waals surface area contributed by atoms with Crippen molar-refractivity contribution in [1.29, 1.82) is 0 Å². The lowest BCUT2D eigenvalue weighted by molar-refractivity contribution is 0.414. The van der Waals surface area contributed by atoms with Gasteiger partial charge in [-0.25, -0.2) is 0 Å². The quantitative estimate of drug-likeness (QED) is 0.512. The van der Waals surface area contributed by atoms with Crippen molar-refractivity contribution in [2.75, 3.05) is 0 Å². The fraction of sp³-hybridized carbons (Fsp3) is 0.500. The Balaban J connectivity index is 4.02. The third-order valence-electron chi connectivity index (χ3n) is 2.02. The van der Waals surface area contributed by atoms with E-state index in [2.05, 4.69) is 26.8 Å². The molecule has 0 amide bonds. The smallest absolute Gasteiger partial charge is 0.0891 e. The van der Waals surface area contributed by atoms with E-state index in [0.717, 1.165) is 6.42 Å². The molecule has 0 aromatic carbocycles. The van der Waals surface area contributed by atoms with Crippen molar-refractivity contribution in [3.8, 4) is 0 Å². The number of aliphatic hydroxyl groups excluding tert-OH is 1. The first-order chi connectivity index (χ1) is 5.98. The Morgan fingerprint density at radius 2 is 1.85 bits per heavy atom. The second-order valence-corrected chi connectivity index (χ2v) is 3.89. The maximum Gasteiger partial charge on any atom is 0.0891 e. The zero-order valence-corrected chi connectivity index (χ0v) is 9.04. The highest BCUT2D eigenvalue weighted by Crippen LogP contribution is 2.20. The van der Waals surface area contributed by atoms with Crippen molar-refractivity contribution >= 4 is 0 Å². The predicted octanol–water partition coefficient (Wildman–Crippen LogP) is 4.00. The van der Waals surface area contributed by atoms with Crippen LogP contribution in [0.15, 0.2) is 36.1 Å². The minimum atomic E-state index is 0.266. The molecule has 0 aromatic rings. The predicted molar refractivity (Wildman–Crippen MR) is 58.7 cm³/mol. The fourth-order valence-corrected chi connectivity index (χ4v) is 0.693. The molecule has 0 unspecified atom stereocenters. The van der Waals surface area contributed by atoms with Gasteiger partial charge in [-0.2, -0.15) is 0 Å². The lowest BCUT2D eigenvalue weighted by Gasteiger charge is -2.15. The van der Waals surface area contributed by atoms with E-state index in [4.69, 9.17) is 5.11 Å². The molecule has 0 aliphatic rings. The summed E-state index contributed by atoms with van der Waals surface area (Å²) in [5.41, 5.74) is 0.266. The van der Waals surface area contributed by atoms with Crippen LogP contribution in [-0.4, -0.2) is 5.11 Å². The lowest BCUT2D eigenvalue weighted by Crippen LogP contribution is -2.03. The molecule has 0 bridgehead atoms. The van der Waals surface area contributed by atoms with Crippen molar-refractivity contribution in [1.82, 2.24) is 0 Å². The zero-order valence-electron chi connectivity index (χ0n) is 9.04. The van der Waals surface area contributed by atoms with Gasteiger partial charge in [-0.05, 0) is 24.8 Å². The number of aliphatic hydroxyl groups is 1. The molecule has 0 heterocycles. The standard InChI is InChI=1S/C12H20O/c1-5-12(3,4)10-8-6-7-9-11(2)13/h6-10,13H,5H2,1-4H3/b7-6-,10-8+,11-9+. The molecule has 0 spiro atoms. The van der Waals surface area contributed by atoms with E-state index in [1.54, 1.807) is 13.0 Å². The molecule has 74 valence electrons. The Morgan fingerprint density at radius 3 is 2.31 bits per heavy atom. The Hall–Kier alpha value is -0.980. The summed E-state index contributed by atoms with van der Waals surface area (Å²) in [4.78, 5) is 0. The highest BCUT2D eigenvalue weighted by atomic mass is 16.3. The van der Waals surface area contributed by atoms with Gasteiger partial charge in [0, 0.05) is 0 Å². The van der Waals surface area contributed by atoms with Gasteiger partial charge >= 0.3 is 0 Å². The van der Waals surface area contributed by atoms with E-state index in [1.807, 2.05) is 18.2 Å². The van der Waals surface area contributed by atoms with E-state index in [1.165, 1.54) is 0 Å². The van der Waals surface area contributed by atoms with Crippen LogP contribution in [-0.2, 0) is 0 Å². The van der Waals surface area contributed by atoms with Gasteiger partial charge in [0.05, 0.1) is 5.76 Å². The highest BCUT2D eigenvalue weighted by Gasteiger charge is 2.08. The molecule has 1 nitrogen and oxygen atoms in total. The molecule has 0 radical (unpaired) electrons. The summed E-state index contributed by atoms with van der Waals surface area (Å²) in [6.07, 6.45) is 10.7. The first-order valence-electron chi connectivity index (χ1n) is 4.69. The molecule has 0 fully saturated rings. The number of rotatable bonds is 4. The summed E-state index contributed by atoms with van der Waals surface area (Å²) in [6.45, 7) is 8.23. The van der Waals surface area contributed by atoms with E-state index < -0.39 is 0 Å². The summed E-state index contributed by atoms with van der Waals surface area (Å²) >= 11 is 0. The van der Waals surface area contributed by atoms with Gasteiger partial charge in [0.15, 0.2) is 0 Å². The maximum atomic E-state index is 8.84. The first-order valence-corrected chi connectivity index (χ1v) is 4.69. The molecule has 0 aliphatic carbocycles. The van der Waals surface area contributed by atoms with Crippen LogP contribution in [0, 0.1) is 5.41 Å². The number of hydrogen-bond donors (Lipinski definition) is 1. The van der Waals surface area contributed by atoms with Gasteiger partial charge in [-0.1, -0.05) is 45.1 Å². The number of allylic oxidation sites excluding steroid dienone is 6. The zero-order chi connectivity index (χ0) is 10.3. The molecular formula is C12H20O. The molecule has 1 N–H and O–H groups in total. The Kier molecular flexibility index (Phi) is 5.20. The topological polar surface area (TPSA) is 20.2 Å². The molecule has 0 rings (SSSR count). The Morgan fingerprint density at radius 1 is 1.23 bits per heavy atom. The largest absolute Gasteiger partial charge is 0.513 e. The minimum Gasteiger partial charge on any atom is -0.513 e. The van der Waals surface area contributed by atoms with Crippen molar-refractivity contribution in [2.24, 2.45) is 5.41 Å². The fourth-order valence-electron chi connectivity index (χ4n) is 0.693.